The third-order valence-electron chi connectivity index (χ3n) is 3.07. The molecule has 2 aliphatic carbocycles. The van der Waals surface area contributed by atoms with Crippen LogP contribution >= 0.6 is 0 Å². The molecule has 1 aromatic carbocycles. The van der Waals surface area contributed by atoms with Crippen LogP contribution in [0.1, 0.15) is 31.7 Å². The van der Waals surface area contributed by atoms with Crippen LogP contribution < -0.4 is 0 Å². The highest BCUT2D eigenvalue weighted by molar-refractivity contribution is 5.80. The maximum absolute atomic E-state index is 2.89. The van der Waals surface area contributed by atoms with E-state index in [1.165, 1.54) is 31.2 Å². The molecular formula is C17H19. The van der Waals surface area contributed by atoms with Crippen LogP contribution in [0.3, 0.4) is 0 Å². The first kappa shape index (κ1) is 11.9. The van der Waals surface area contributed by atoms with Crippen molar-refractivity contribution in [2.24, 2.45) is 0 Å². The molecule has 0 atom stereocenters. The monoisotopic (exact) mass is 223 g/mol. The van der Waals surface area contributed by atoms with Crippen molar-refractivity contribution in [1.29, 1.82) is 0 Å². The van der Waals surface area contributed by atoms with E-state index in [2.05, 4.69) is 31.2 Å². The third-order valence-corrected chi connectivity index (χ3v) is 3.07. The molecule has 0 heterocycles. The van der Waals surface area contributed by atoms with Gasteiger partial charge in [0.05, 0.1) is 0 Å². The molecule has 87 valence electrons. The van der Waals surface area contributed by atoms with Gasteiger partial charge in [0.2, 0.25) is 0 Å². The SMILES string of the molecule is CCCCCc1cc2ccc1-2.[c]1ccccc1. The van der Waals surface area contributed by atoms with Gasteiger partial charge in [0.25, 0.3) is 0 Å². The van der Waals surface area contributed by atoms with E-state index in [-0.39, 0.29) is 0 Å². The molecule has 17 heavy (non-hydrogen) atoms. The quantitative estimate of drug-likeness (QED) is 0.553. The van der Waals surface area contributed by atoms with Crippen molar-refractivity contribution in [2.75, 3.05) is 0 Å². The molecule has 0 spiro atoms. The van der Waals surface area contributed by atoms with Crippen molar-refractivity contribution in [1.82, 2.24) is 0 Å². The van der Waals surface area contributed by atoms with E-state index in [1.807, 2.05) is 30.3 Å². The van der Waals surface area contributed by atoms with Gasteiger partial charge in [0, 0.05) is 0 Å². The van der Waals surface area contributed by atoms with E-state index in [1.54, 1.807) is 11.1 Å². The standard InChI is InChI=1S/C11H14.C6H5/c1-2-3-4-5-9-8-10-6-7-11(9)10;1-2-4-6-5-3-1/h6-8H,2-5H2,1H3;1-5H. The molecule has 0 heteroatoms. The second-order valence-corrected chi connectivity index (χ2v) is 4.41. The van der Waals surface area contributed by atoms with Crippen LogP contribution in [-0.2, 0) is 6.42 Å². The zero-order valence-electron chi connectivity index (χ0n) is 10.4. The van der Waals surface area contributed by atoms with E-state index in [0.29, 0.717) is 0 Å². The highest BCUT2D eigenvalue weighted by Gasteiger charge is 2.14. The molecule has 0 N–H and O–H groups in total. The maximum atomic E-state index is 2.89. The highest BCUT2D eigenvalue weighted by Crippen LogP contribution is 2.37. The molecule has 0 amide bonds. The Kier molecular flexibility index (Phi) is 4.37. The summed E-state index contributed by atoms with van der Waals surface area (Å²) in [5.41, 5.74) is 4.62. The normalized spacial score (nSPS) is 10.4. The molecule has 0 saturated heterocycles. The Morgan fingerprint density at radius 3 is 2.18 bits per heavy atom. The summed E-state index contributed by atoms with van der Waals surface area (Å²) in [6.07, 6.45) is 5.38. The van der Waals surface area contributed by atoms with E-state index < -0.39 is 0 Å². The predicted octanol–water partition coefficient (Wildman–Crippen LogP) is 4.89. The Balaban J connectivity index is 0.000000153. The van der Waals surface area contributed by atoms with Crippen LogP contribution in [0, 0.1) is 6.07 Å². The summed E-state index contributed by atoms with van der Waals surface area (Å²) >= 11 is 0. The number of hydrogen-bond donors (Lipinski definition) is 0. The van der Waals surface area contributed by atoms with Crippen molar-refractivity contribution in [3.8, 4) is 11.1 Å². The first-order chi connectivity index (χ1) is 8.42. The van der Waals surface area contributed by atoms with Crippen molar-refractivity contribution < 1.29 is 0 Å². The molecule has 0 saturated carbocycles. The van der Waals surface area contributed by atoms with Crippen molar-refractivity contribution in [2.45, 2.75) is 32.6 Å². The van der Waals surface area contributed by atoms with Gasteiger partial charge < -0.3 is 0 Å². The number of hydrogen-bond acceptors (Lipinski definition) is 0. The number of aryl methyl sites for hydroxylation is 1. The van der Waals surface area contributed by atoms with Gasteiger partial charge in [-0.25, -0.2) is 0 Å². The van der Waals surface area contributed by atoms with Crippen molar-refractivity contribution in [3.63, 3.8) is 0 Å². The third kappa shape index (κ3) is 3.20. The van der Waals surface area contributed by atoms with Gasteiger partial charge in [-0.2, -0.15) is 0 Å². The molecule has 0 nitrogen and oxygen atoms in total. The first-order valence-electron chi connectivity index (χ1n) is 6.46. The number of unbranched alkanes of at least 4 members (excludes halogenated alkanes) is 2. The van der Waals surface area contributed by atoms with Crippen molar-refractivity contribution >= 4 is 0 Å². The highest BCUT2D eigenvalue weighted by atomic mass is 14.2. The van der Waals surface area contributed by atoms with Crippen LogP contribution in [-0.4, -0.2) is 0 Å². The molecule has 0 aromatic heterocycles. The Morgan fingerprint density at radius 1 is 1.00 bits per heavy atom. The molecule has 0 unspecified atom stereocenters. The molecule has 0 bridgehead atoms. The fraction of sp³-hybridized carbons (Fsp3) is 0.294. The number of fused-ring (bicyclic) bond motifs is 1. The van der Waals surface area contributed by atoms with Gasteiger partial charge in [-0.1, -0.05) is 68.3 Å². The minimum Gasteiger partial charge on any atom is -0.0654 e. The maximum Gasteiger partial charge on any atom is -0.0151 e. The van der Waals surface area contributed by atoms with Crippen LogP contribution in [0.5, 0.6) is 0 Å². The second kappa shape index (κ2) is 6.24. The lowest BCUT2D eigenvalue weighted by atomic mass is 9.84. The van der Waals surface area contributed by atoms with Gasteiger partial charge in [-0.15, -0.1) is 0 Å². The fourth-order valence-corrected chi connectivity index (χ4v) is 1.98. The van der Waals surface area contributed by atoms with E-state index >= 15 is 0 Å². The largest absolute Gasteiger partial charge is 0.0654 e. The zero-order valence-corrected chi connectivity index (χ0v) is 10.4. The molecule has 0 aliphatic heterocycles. The van der Waals surface area contributed by atoms with Crippen molar-refractivity contribution in [3.05, 3.63) is 60.2 Å². The van der Waals surface area contributed by atoms with E-state index in [0.717, 1.165) is 0 Å². The summed E-state index contributed by atoms with van der Waals surface area (Å²) in [6, 6.07) is 19.3. The predicted molar refractivity (Wildman–Crippen MR) is 73.9 cm³/mol. The lowest BCUT2D eigenvalue weighted by Crippen LogP contribution is -2.00. The topological polar surface area (TPSA) is 0 Å². The second-order valence-electron chi connectivity index (χ2n) is 4.41. The Labute approximate surface area is 104 Å². The van der Waals surface area contributed by atoms with E-state index in [4.69, 9.17) is 0 Å². The summed E-state index contributed by atoms with van der Waals surface area (Å²) in [7, 11) is 0. The fourth-order valence-electron chi connectivity index (χ4n) is 1.98. The Morgan fingerprint density at radius 2 is 1.82 bits per heavy atom. The average Bonchev–Trinajstić information content (AvgIpc) is 2.37. The van der Waals surface area contributed by atoms with E-state index in [9.17, 15) is 0 Å². The van der Waals surface area contributed by atoms with Gasteiger partial charge in [-0.05, 0) is 35.6 Å². The molecule has 1 aromatic rings. The number of benzene rings is 2. The lowest BCUT2D eigenvalue weighted by molar-refractivity contribution is 0.716. The average molecular weight is 223 g/mol. The summed E-state index contributed by atoms with van der Waals surface area (Å²) in [4.78, 5) is 0. The summed E-state index contributed by atoms with van der Waals surface area (Å²) in [5.74, 6) is 0. The van der Waals surface area contributed by atoms with Crippen LogP contribution in [0.2, 0.25) is 0 Å². The summed E-state index contributed by atoms with van der Waals surface area (Å²) < 4.78 is 0. The molecule has 2 aliphatic rings. The smallest absolute Gasteiger partial charge is 0.0151 e. The Bertz CT molecular complexity index is 416. The minimum atomic E-state index is 1.30. The molecular weight excluding hydrogens is 204 g/mol. The van der Waals surface area contributed by atoms with Gasteiger partial charge in [0.1, 0.15) is 0 Å². The van der Waals surface area contributed by atoms with Gasteiger partial charge >= 0.3 is 0 Å². The molecule has 3 rings (SSSR count). The van der Waals surface area contributed by atoms with Gasteiger partial charge in [-0.3, -0.25) is 0 Å². The summed E-state index contributed by atoms with van der Waals surface area (Å²) in [5, 5.41) is 0. The summed E-state index contributed by atoms with van der Waals surface area (Å²) in [6.45, 7) is 2.25. The zero-order chi connectivity index (χ0) is 11.9. The number of rotatable bonds is 4. The minimum absolute atomic E-state index is 1.30. The van der Waals surface area contributed by atoms with Crippen LogP contribution in [0.25, 0.3) is 11.1 Å². The lowest BCUT2D eigenvalue weighted by Gasteiger charge is -2.20. The molecule has 1 radical (unpaired) electrons. The Hall–Kier alpha value is -1.56. The first-order valence-corrected chi connectivity index (χ1v) is 6.46. The molecule has 0 fully saturated rings. The van der Waals surface area contributed by atoms with Crippen LogP contribution in [0.4, 0.5) is 0 Å². The van der Waals surface area contributed by atoms with Crippen LogP contribution in [0.15, 0.2) is 48.5 Å². The van der Waals surface area contributed by atoms with Gasteiger partial charge in [0.15, 0.2) is 0 Å².